The van der Waals surface area contributed by atoms with Crippen LogP contribution in [0.4, 0.5) is 11.5 Å². The van der Waals surface area contributed by atoms with E-state index in [1.807, 2.05) is 0 Å². The average Bonchev–Trinajstić information content (AvgIpc) is 2.41. The average molecular weight is 278 g/mol. The number of piperidine rings is 1. The largest absolute Gasteiger partial charge is 0.362 e. The molecule has 110 valence electrons. The molecule has 0 saturated carbocycles. The van der Waals surface area contributed by atoms with Crippen LogP contribution in [0, 0.1) is 16.0 Å². The number of hydrogen-bond donors (Lipinski definition) is 1. The molecule has 0 unspecified atom stereocenters. The number of aromatic nitrogens is 1. The van der Waals surface area contributed by atoms with Gasteiger partial charge in [0.1, 0.15) is 0 Å². The predicted octanol–water partition coefficient (Wildman–Crippen LogP) is 2.52. The van der Waals surface area contributed by atoms with Crippen LogP contribution in [0.2, 0.25) is 0 Å². The second-order valence-corrected chi connectivity index (χ2v) is 5.74. The fourth-order valence-corrected chi connectivity index (χ4v) is 2.62. The van der Waals surface area contributed by atoms with Crippen molar-refractivity contribution in [1.82, 2.24) is 9.88 Å². The second kappa shape index (κ2) is 6.65. The highest BCUT2D eigenvalue weighted by molar-refractivity contribution is 5.55. The molecule has 1 fully saturated rings. The maximum Gasteiger partial charge on any atom is 0.311 e. The summed E-state index contributed by atoms with van der Waals surface area (Å²) in [5, 5.41) is 14.2. The van der Waals surface area contributed by atoms with Crippen LogP contribution < -0.4 is 5.32 Å². The first-order valence-corrected chi connectivity index (χ1v) is 7.14. The maximum absolute atomic E-state index is 11.0. The Morgan fingerprint density at radius 2 is 2.20 bits per heavy atom. The monoisotopic (exact) mass is 278 g/mol. The van der Waals surface area contributed by atoms with Crippen molar-refractivity contribution in [3.8, 4) is 0 Å². The Hall–Kier alpha value is -1.69. The molecule has 1 saturated heterocycles. The van der Waals surface area contributed by atoms with Gasteiger partial charge in [0.25, 0.3) is 0 Å². The number of nitro groups is 1. The van der Waals surface area contributed by atoms with E-state index in [-0.39, 0.29) is 16.7 Å². The molecule has 1 aliphatic rings. The van der Waals surface area contributed by atoms with Crippen molar-refractivity contribution in [3.05, 3.63) is 28.4 Å². The van der Waals surface area contributed by atoms with E-state index in [1.165, 1.54) is 6.07 Å². The summed E-state index contributed by atoms with van der Waals surface area (Å²) in [4.78, 5) is 17.1. The smallest absolute Gasteiger partial charge is 0.311 e. The van der Waals surface area contributed by atoms with Gasteiger partial charge in [0.2, 0.25) is 5.82 Å². The van der Waals surface area contributed by atoms with Crippen molar-refractivity contribution in [2.45, 2.75) is 32.7 Å². The number of nitrogens with one attached hydrogen (secondary N) is 1. The maximum atomic E-state index is 11.0. The molecule has 20 heavy (non-hydrogen) atoms. The van der Waals surface area contributed by atoms with E-state index >= 15 is 0 Å². The Morgan fingerprint density at radius 1 is 1.50 bits per heavy atom. The molecule has 0 radical (unpaired) electrons. The van der Waals surface area contributed by atoms with Gasteiger partial charge < -0.3 is 10.2 Å². The number of hydrogen-bond acceptors (Lipinski definition) is 5. The van der Waals surface area contributed by atoms with E-state index in [4.69, 9.17) is 0 Å². The molecule has 6 heteroatoms. The molecule has 1 aromatic heterocycles. The highest BCUT2D eigenvalue weighted by atomic mass is 16.6. The molecular weight excluding hydrogens is 256 g/mol. The minimum atomic E-state index is -0.386. The van der Waals surface area contributed by atoms with Gasteiger partial charge in [-0.25, -0.2) is 4.98 Å². The highest BCUT2D eigenvalue weighted by Crippen LogP contribution is 2.23. The normalized spacial score (nSPS) is 17.4. The van der Waals surface area contributed by atoms with Crippen LogP contribution in [0.5, 0.6) is 0 Å². The Balaban J connectivity index is 1.91. The first-order valence-electron chi connectivity index (χ1n) is 7.14. The molecule has 1 aromatic rings. The van der Waals surface area contributed by atoms with Gasteiger partial charge in [-0.2, -0.15) is 0 Å². The van der Waals surface area contributed by atoms with E-state index in [0.29, 0.717) is 11.7 Å². The van der Waals surface area contributed by atoms with Crippen molar-refractivity contribution in [3.63, 3.8) is 0 Å². The lowest BCUT2D eigenvalue weighted by Gasteiger charge is -2.33. The van der Waals surface area contributed by atoms with Crippen LogP contribution in [-0.2, 0) is 0 Å². The first kappa shape index (κ1) is 14.7. The van der Waals surface area contributed by atoms with E-state index in [9.17, 15) is 10.1 Å². The third-order valence-electron chi connectivity index (χ3n) is 3.53. The molecule has 1 aliphatic heterocycles. The zero-order chi connectivity index (χ0) is 14.5. The molecule has 0 bridgehead atoms. The topological polar surface area (TPSA) is 71.3 Å². The van der Waals surface area contributed by atoms with Crippen LogP contribution in [0.1, 0.15) is 26.7 Å². The second-order valence-electron chi connectivity index (χ2n) is 5.74. The van der Waals surface area contributed by atoms with Crippen LogP contribution in [0.25, 0.3) is 0 Å². The van der Waals surface area contributed by atoms with E-state index in [0.717, 1.165) is 32.5 Å². The lowest BCUT2D eigenvalue weighted by molar-refractivity contribution is -0.384. The van der Waals surface area contributed by atoms with E-state index in [2.05, 4.69) is 29.0 Å². The fourth-order valence-electron chi connectivity index (χ4n) is 2.62. The van der Waals surface area contributed by atoms with Gasteiger partial charge in [0.05, 0.1) is 4.92 Å². The van der Waals surface area contributed by atoms with Gasteiger partial charge >= 0.3 is 5.69 Å². The minimum Gasteiger partial charge on any atom is -0.362 e. The third-order valence-corrected chi connectivity index (χ3v) is 3.53. The molecule has 2 heterocycles. The van der Waals surface area contributed by atoms with Gasteiger partial charge in [-0.3, -0.25) is 10.1 Å². The first-order chi connectivity index (χ1) is 9.56. The number of likely N-dealkylation sites (tertiary alicyclic amines) is 1. The van der Waals surface area contributed by atoms with Crippen molar-refractivity contribution in [1.29, 1.82) is 0 Å². The molecule has 0 aliphatic carbocycles. The summed E-state index contributed by atoms with van der Waals surface area (Å²) in [5.74, 6) is 1.07. The molecule has 1 N–H and O–H groups in total. The van der Waals surface area contributed by atoms with Crippen molar-refractivity contribution in [2.75, 3.05) is 25.0 Å². The summed E-state index contributed by atoms with van der Waals surface area (Å²) in [6.07, 6.45) is 3.59. The number of pyridine rings is 1. The summed E-state index contributed by atoms with van der Waals surface area (Å²) in [7, 11) is 0. The molecule has 2 rings (SSSR count). The zero-order valence-electron chi connectivity index (χ0n) is 12.1. The van der Waals surface area contributed by atoms with Crippen molar-refractivity contribution in [2.24, 2.45) is 5.92 Å². The molecule has 0 atom stereocenters. The molecule has 0 aromatic carbocycles. The van der Waals surface area contributed by atoms with Gasteiger partial charge in [-0.15, -0.1) is 0 Å². The summed E-state index contributed by atoms with van der Waals surface area (Å²) in [6, 6.07) is 3.35. The SMILES string of the molecule is CC(C)CN1CCC(Nc2ncccc2[N+](=O)[O-])CC1. The Bertz CT molecular complexity index is 456. The summed E-state index contributed by atoms with van der Waals surface area (Å²) >= 11 is 0. The van der Waals surface area contributed by atoms with Gasteiger partial charge in [0, 0.05) is 37.9 Å². The number of nitrogens with zero attached hydrogens (tertiary/aromatic N) is 3. The Kier molecular flexibility index (Phi) is 4.89. The van der Waals surface area contributed by atoms with E-state index < -0.39 is 0 Å². The molecular formula is C14H22N4O2. The van der Waals surface area contributed by atoms with E-state index in [1.54, 1.807) is 12.3 Å². The lowest BCUT2D eigenvalue weighted by Crippen LogP contribution is -2.40. The van der Waals surface area contributed by atoms with Gasteiger partial charge in [-0.1, -0.05) is 13.8 Å². The quantitative estimate of drug-likeness (QED) is 0.662. The predicted molar refractivity (Wildman–Crippen MR) is 78.8 cm³/mol. The summed E-state index contributed by atoms with van der Waals surface area (Å²) in [6.45, 7) is 7.65. The van der Waals surface area contributed by atoms with Crippen LogP contribution in [0.3, 0.4) is 0 Å². The van der Waals surface area contributed by atoms with Crippen LogP contribution >= 0.6 is 0 Å². The summed E-state index contributed by atoms with van der Waals surface area (Å²) in [5.41, 5.74) is 0.0529. The number of anilines is 1. The summed E-state index contributed by atoms with van der Waals surface area (Å²) < 4.78 is 0. The fraction of sp³-hybridized carbons (Fsp3) is 0.643. The minimum absolute atomic E-state index is 0.0529. The van der Waals surface area contributed by atoms with Crippen LogP contribution in [-0.4, -0.2) is 40.5 Å². The highest BCUT2D eigenvalue weighted by Gasteiger charge is 2.22. The molecule has 0 spiro atoms. The lowest BCUT2D eigenvalue weighted by atomic mass is 10.0. The third kappa shape index (κ3) is 3.90. The molecule has 0 amide bonds. The van der Waals surface area contributed by atoms with Crippen molar-refractivity contribution >= 4 is 11.5 Å². The Labute approximate surface area is 119 Å². The van der Waals surface area contributed by atoms with Crippen LogP contribution in [0.15, 0.2) is 18.3 Å². The Morgan fingerprint density at radius 3 is 2.80 bits per heavy atom. The number of rotatable bonds is 5. The molecule has 6 nitrogen and oxygen atoms in total. The van der Waals surface area contributed by atoms with Gasteiger partial charge in [-0.05, 0) is 24.8 Å². The zero-order valence-corrected chi connectivity index (χ0v) is 12.1. The standard InChI is InChI=1S/C14H22N4O2/c1-11(2)10-17-8-5-12(6-9-17)16-14-13(18(19)20)4-3-7-15-14/h3-4,7,11-12H,5-6,8-10H2,1-2H3,(H,15,16). The van der Waals surface area contributed by atoms with Gasteiger partial charge in [0.15, 0.2) is 0 Å². The van der Waals surface area contributed by atoms with Crippen molar-refractivity contribution < 1.29 is 4.92 Å².